The number of hydrogen-bond acceptors (Lipinski definition) is 2. The smallest absolute Gasteiger partial charge is 0.125 e. The van der Waals surface area contributed by atoms with E-state index >= 15 is 0 Å². The molecule has 0 aliphatic heterocycles. The van der Waals surface area contributed by atoms with Crippen molar-refractivity contribution in [3.8, 4) is 5.75 Å². The summed E-state index contributed by atoms with van der Waals surface area (Å²) in [6, 6.07) is 31.8. The van der Waals surface area contributed by atoms with E-state index in [0.717, 1.165) is 33.4 Å². The van der Waals surface area contributed by atoms with Crippen LogP contribution < -0.4 is 5.73 Å². The lowest BCUT2D eigenvalue weighted by atomic mass is 9.95. The monoisotopic (exact) mass is 415 g/mol. The Bertz CT molecular complexity index is 1180. The highest BCUT2D eigenvalue weighted by molar-refractivity contribution is 5.91. The molecule has 3 N–H and O–H groups in total. The van der Waals surface area contributed by atoms with Crippen LogP contribution in [0.15, 0.2) is 97.1 Å². The van der Waals surface area contributed by atoms with Crippen LogP contribution in [0.5, 0.6) is 5.75 Å². The number of benzene rings is 4. The molecule has 4 rings (SSSR count). The van der Waals surface area contributed by atoms with E-state index in [1.165, 1.54) is 0 Å². The van der Waals surface area contributed by atoms with Crippen LogP contribution in [-0.4, -0.2) is 5.11 Å². The van der Waals surface area contributed by atoms with E-state index in [9.17, 15) is 5.11 Å². The highest BCUT2D eigenvalue weighted by atomic mass is 16.3. The van der Waals surface area contributed by atoms with Crippen molar-refractivity contribution in [2.45, 2.75) is 0 Å². The van der Waals surface area contributed by atoms with Crippen molar-refractivity contribution in [3.63, 3.8) is 0 Å². The average Bonchev–Trinajstić information content (AvgIpc) is 2.83. The maximum absolute atomic E-state index is 10.8. The maximum atomic E-state index is 10.8. The zero-order valence-corrected chi connectivity index (χ0v) is 17.7. The van der Waals surface area contributed by atoms with Gasteiger partial charge in [-0.2, -0.15) is 0 Å². The molecule has 0 radical (unpaired) electrons. The lowest BCUT2D eigenvalue weighted by Crippen LogP contribution is -1.96. The molecular weight excluding hydrogens is 390 g/mol. The van der Waals surface area contributed by atoms with Gasteiger partial charge in [-0.05, 0) is 22.3 Å². The van der Waals surface area contributed by atoms with E-state index in [2.05, 4.69) is 0 Å². The fourth-order valence-electron chi connectivity index (χ4n) is 3.51. The molecule has 4 aromatic rings. The zero-order chi connectivity index (χ0) is 22.2. The van der Waals surface area contributed by atoms with Gasteiger partial charge in [-0.1, -0.05) is 127 Å². The minimum absolute atomic E-state index is 0.152. The summed E-state index contributed by atoms with van der Waals surface area (Å²) >= 11 is 0. The predicted molar refractivity (Wildman–Crippen MR) is 139 cm³/mol. The summed E-state index contributed by atoms with van der Waals surface area (Å²) in [6.45, 7) is 0. The molecule has 32 heavy (non-hydrogen) atoms. The average molecular weight is 416 g/mol. The second kappa shape index (κ2) is 10.1. The van der Waals surface area contributed by atoms with Crippen molar-refractivity contribution in [2.24, 2.45) is 0 Å². The third kappa shape index (κ3) is 5.24. The molecule has 4 aromatic carbocycles. The van der Waals surface area contributed by atoms with Crippen LogP contribution in [0, 0.1) is 0 Å². The highest BCUT2D eigenvalue weighted by Crippen LogP contribution is 2.34. The van der Waals surface area contributed by atoms with Gasteiger partial charge < -0.3 is 10.8 Å². The first-order chi connectivity index (χ1) is 15.7. The molecule has 156 valence electrons. The van der Waals surface area contributed by atoms with Crippen LogP contribution in [0.3, 0.4) is 0 Å². The van der Waals surface area contributed by atoms with Gasteiger partial charge in [-0.15, -0.1) is 0 Å². The summed E-state index contributed by atoms with van der Waals surface area (Å²) < 4.78 is 0. The third-order valence-electron chi connectivity index (χ3n) is 5.19. The van der Waals surface area contributed by atoms with Crippen molar-refractivity contribution in [1.82, 2.24) is 0 Å². The first-order valence-corrected chi connectivity index (χ1v) is 10.6. The van der Waals surface area contributed by atoms with E-state index < -0.39 is 0 Å². The van der Waals surface area contributed by atoms with Gasteiger partial charge in [0.15, 0.2) is 0 Å². The van der Waals surface area contributed by atoms with Crippen molar-refractivity contribution in [1.29, 1.82) is 0 Å². The first kappa shape index (κ1) is 21.0. The van der Waals surface area contributed by atoms with Gasteiger partial charge in [0.2, 0.25) is 0 Å². The Kier molecular flexibility index (Phi) is 6.64. The van der Waals surface area contributed by atoms with Crippen LogP contribution in [0.4, 0.5) is 5.69 Å². The second-order valence-corrected chi connectivity index (χ2v) is 7.46. The number of nitrogens with two attached hydrogens (primary N) is 1. The molecule has 0 saturated heterocycles. The summed E-state index contributed by atoms with van der Waals surface area (Å²) in [6.07, 6.45) is 12.0. The summed E-state index contributed by atoms with van der Waals surface area (Å²) in [7, 11) is 0. The Morgan fingerprint density at radius 3 is 1.28 bits per heavy atom. The van der Waals surface area contributed by atoms with Gasteiger partial charge in [-0.25, -0.2) is 0 Å². The van der Waals surface area contributed by atoms with Gasteiger partial charge in [-0.3, -0.25) is 0 Å². The topological polar surface area (TPSA) is 46.2 Å². The maximum Gasteiger partial charge on any atom is 0.125 e. The van der Waals surface area contributed by atoms with Crippen molar-refractivity contribution >= 4 is 42.1 Å². The fourth-order valence-corrected chi connectivity index (χ4v) is 3.51. The number of hydrogen-bond donors (Lipinski definition) is 2. The Balaban J connectivity index is 1.83. The van der Waals surface area contributed by atoms with E-state index in [1.54, 1.807) is 6.07 Å². The van der Waals surface area contributed by atoms with Crippen molar-refractivity contribution in [2.75, 3.05) is 5.73 Å². The fraction of sp³-hybridized carbons (Fsp3) is 0. The Morgan fingerprint density at radius 2 is 0.844 bits per heavy atom. The van der Waals surface area contributed by atoms with E-state index in [-0.39, 0.29) is 5.75 Å². The predicted octanol–water partition coefficient (Wildman–Crippen LogP) is 7.49. The molecule has 0 spiro atoms. The molecule has 0 aromatic heterocycles. The van der Waals surface area contributed by atoms with Crippen LogP contribution in [0.2, 0.25) is 0 Å². The largest absolute Gasteiger partial charge is 0.507 e. The number of anilines is 1. The summed E-state index contributed by atoms with van der Waals surface area (Å²) in [5.74, 6) is 0.152. The quantitative estimate of drug-likeness (QED) is 0.253. The second-order valence-electron chi connectivity index (χ2n) is 7.46. The highest BCUT2D eigenvalue weighted by Gasteiger charge is 2.12. The standard InChI is InChI=1S/C30H25NO/c31-29-22-30(32)28(21-18-25-14-8-3-9-15-25)26(19-16-23-10-4-1-5-11-23)27(29)20-17-24-12-6-2-7-13-24/h1-22,32H,31H2. The van der Waals surface area contributed by atoms with Crippen LogP contribution >= 0.6 is 0 Å². The summed E-state index contributed by atoms with van der Waals surface area (Å²) in [5.41, 5.74) is 12.6. The van der Waals surface area contributed by atoms with Crippen LogP contribution in [0.25, 0.3) is 36.5 Å². The molecule has 0 fully saturated rings. The van der Waals surface area contributed by atoms with E-state index in [0.29, 0.717) is 5.69 Å². The lowest BCUT2D eigenvalue weighted by molar-refractivity contribution is 0.474. The molecule has 2 heteroatoms. The van der Waals surface area contributed by atoms with Crippen molar-refractivity contribution in [3.05, 3.63) is 130 Å². The molecule has 2 nitrogen and oxygen atoms in total. The summed E-state index contributed by atoms with van der Waals surface area (Å²) in [5, 5.41) is 10.8. The molecular formula is C30H25NO. The number of rotatable bonds is 6. The van der Waals surface area contributed by atoms with Gasteiger partial charge in [0.05, 0.1) is 0 Å². The lowest BCUT2D eigenvalue weighted by Gasteiger charge is -2.13. The molecule has 0 saturated carbocycles. The zero-order valence-electron chi connectivity index (χ0n) is 17.7. The molecule has 0 unspecified atom stereocenters. The number of nitrogen functional groups attached to an aromatic ring is 1. The Hall–Kier alpha value is -4.30. The van der Waals surface area contributed by atoms with Gasteiger partial charge in [0.25, 0.3) is 0 Å². The molecule has 0 aliphatic carbocycles. The normalized spacial score (nSPS) is 11.6. The minimum atomic E-state index is 0.152. The van der Waals surface area contributed by atoms with E-state index in [4.69, 9.17) is 5.73 Å². The van der Waals surface area contributed by atoms with Gasteiger partial charge >= 0.3 is 0 Å². The number of phenols is 1. The molecule has 0 aliphatic rings. The molecule has 0 heterocycles. The van der Waals surface area contributed by atoms with E-state index in [1.807, 2.05) is 127 Å². The van der Waals surface area contributed by atoms with Gasteiger partial charge in [0, 0.05) is 22.9 Å². The number of phenolic OH excluding ortho intramolecular Hbond substituents is 1. The Morgan fingerprint density at radius 1 is 0.469 bits per heavy atom. The Labute approximate surface area is 189 Å². The molecule has 0 bridgehead atoms. The molecule has 0 atom stereocenters. The van der Waals surface area contributed by atoms with Crippen LogP contribution in [0.1, 0.15) is 33.4 Å². The SMILES string of the molecule is Nc1cc(O)c(C=Cc2ccccc2)c(C=Cc2ccccc2)c1C=Cc1ccccc1. The number of aromatic hydroxyl groups is 1. The van der Waals surface area contributed by atoms with Gasteiger partial charge in [0.1, 0.15) is 5.75 Å². The summed E-state index contributed by atoms with van der Waals surface area (Å²) in [4.78, 5) is 0. The minimum Gasteiger partial charge on any atom is -0.507 e. The molecule has 0 amide bonds. The first-order valence-electron chi connectivity index (χ1n) is 10.6. The third-order valence-corrected chi connectivity index (χ3v) is 5.19. The van der Waals surface area contributed by atoms with Crippen LogP contribution in [-0.2, 0) is 0 Å². The van der Waals surface area contributed by atoms with Crippen molar-refractivity contribution < 1.29 is 5.11 Å².